The van der Waals surface area contributed by atoms with Crippen LogP contribution in [0.4, 0.5) is 8.78 Å². The van der Waals surface area contributed by atoms with Crippen molar-refractivity contribution in [1.29, 1.82) is 0 Å². The third-order valence-corrected chi connectivity index (χ3v) is 4.19. The lowest BCUT2D eigenvalue weighted by atomic mass is 10.1. The Morgan fingerprint density at radius 3 is 2.48 bits per heavy atom. The molecule has 5 nitrogen and oxygen atoms in total. The number of aromatic nitrogens is 3. The van der Waals surface area contributed by atoms with E-state index in [0.29, 0.717) is 11.1 Å². The van der Waals surface area contributed by atoms with Crippen LogP contribution >= 0.6 is 0 Å². The van der Waals surface area contributed by atoms with Crippen molar-refractivity contribution in [3.05, 3.63) is 98.6 Å². The zero-order chi connectivity index (χ0) is 19.0. The molecule has 7 heteroatoms. The molecule has 1 N–H and O–H groups in total. The molecular weight excluding hydrogens is 352 g/mol. The number of H-pyrrole nitrogens is 1. The Bertz CT molecular complexity index is 1260. The van der Waals surface area contributed by atoms with Gasteiger partial charge in [0.05, 0.1) is 17.8 Å². The summed E-state index contributed by atoms with van der Waals surface area (Å²) in [6.45, 7) is 0.0990. The lowest BCUT2D eigenvalue weighted by Gasteiger charge is -2.10. The molecule has 27 heavy (non-hydrogen) atoms. The van der Waals surface area contributed by atoms with E-state index in [1.807, 2.05) is 12.1 Å². The van der Waals surface area contributed by atoms with E-state index in [2.05, 4.69) is 10.1 Å². The van der Waals surface area contributed by atoms with Crippen LogP contribution in [0.3, 0.4) is 0 Å². The first-order valence-electron chi connectivity index (χ1n) is 8.15. The third kappa shape index (κ3) is 3.39. The lowest BCUT2D eigenvalue weighted by Crippen LogP contribution is -2.23. The Labute approximate surface area is 151 Å². The van der Waals surface area contributed by atoms with Crippen molar-refractivity contribution in [2.45, 2.75) is 6.54 Å². The van der Waals surface area contributed by atoms with Crippen molar-refractivity contribution < 1.29 is 8.78 Å². The fourth-order valence-electron chi connectivity index (χ4n) is 2.95. The van der Waals surface area contributed by atoms with Crippen LogP contribution in [-0.2, 0) is 6.54 Å². The first kappa shape index (κ1) is 16.8. The molecule has 0 saturated carbocycles. The summed E-state index contributed by atoms with van der Waals surface area (Å²) in [7, 11) is 0. The smallest absolute Gasteiger partial charge is 0.267 e. The van der Waals surface area contributed by atoms with E-state index < -0.39 is 11.6 Å². The van der Waals surface area contributed by atoms with Gasteiger partial charge in [-0.25, -0.2) is 13.5 Å². The molecule has 0 radical (unpaired) electrons. The summed E-state index contributed by atoms with van der Waals surface area (Å²) in [5.74, 6) is -1.45. The van der Waals surface area contributed by atoms with Gasteiger partial charge in [0, 0.05) is 23.8 Å². The zero-order valence-corrected chi connectivity index (χ0v) is 13.9. The van der Waals surface area contributed by atoms with Gasteiger partial charge >= 0.3 is 0 Å². The summed E-state index contributed by atoms with van der Waals surface area (Å²) in [5, 5.41) is 5.05. The maximum Gasteiger partial charge on any atom is 0.267 e. The molecule has 4 rings (SSSR count). The topological polar surface area (TPSA) is 67.8 Å². The molecule has 0 aliphatic rings. The van der Waals surface area contributed by atoms with Gasteiger partial charge in [-0.15, -0.1) is 0 Å². The minimum atomic E-state index is -0.726. The molecular formula is C20H13F2N3O2. The summed E-state index contributed by atoms with van der Waals surface area (Å²) in [5.41, 5.74) is 1.18. The number of halogens is 2. The summed E-state index contributed by atoms with van der Waals surface area (Å²) < 4.78 is 28.2. The highest BCUT2D eigenvalue weighted by Crippen LogP contribution is 2.19. The molecule has 0 fully saturated rings. The van der Waals surface area contributed by atoms with Crippen molar-refractivity contribution in [1.82, 2.24) is 14.8 Å². The standard InChI is InChI=1S/C20H13F2N3O2/c21-15-8-14(9-16(22)10-15)17-5-7-19(27)25(24-17)11-13-3-1-2-12-4-6-18(26)23-20(12)13/h1-10H,11H2,(H,23,26). The average Bonchev–Trinajstić information content (AvgIpc) is 2.63. The van der Waals surface area contributed by atoms with Crippen molar-refractivity contribution in [2.75, 3.05) is 0 Å². The number of hydrogen-bond acceptors (Lipinski definition) is 3. The molecule has 2 aromatic heterocycles. The van der Waals surface area contributed by atoms with Gasteiger partial charge in [-0.3, -0.25) is 9.59 Å². The average molecular weight is 365 g/mol. The van der Waals surface area contributed by atoms with Crippen LogP contribution in [0, 0.1) is 11.6 Å². The van der Waals surface area contributed by atoms with Crippen molar-refractivity contribution in [3.8, 4) is 11.3 Å². The van der Waals surface area contributed by atoms with Gasteiger partial charge in [-0.2, -0.15) is 5.10 Å². The highest BCUT2D eigenvalue weighted by molar-refractivity contribution is 5.81. The SMILES string of the molecule is O=c1ccc2cccc(Cn3nc(-c4cc(F)cc(F)c4)ccc3=O)c2[nH]1. The van der Waals surface area contributed by atoms with Crippen molar-refractivity contribution >= 4 is 10.9 Å². The van der Waals surface area contributed by atoms with Crippen LogP contribution in [0.15, 0.2) is 70.3 Å². The molecule has 134 valence electrons. The van der Waals surface area contributed by atoms with Gasteiger partial charge in [0.15, 0.2) is 0 Å². The summed E-state index contributed by atoms with van der Waals surface area (Å²) >= 11 is 0. The summed E-state index contributed by atoms with van der Waals surface area (Å²) in [4.78, 5) is 26.6. The number of nitrogens with zero attached hydrogens (tertiary/aromatic N) is 2. The fourth-order valence-corrected chi connectivity index (χ4v) is 2.95. The zero-order valence-electron chi connectivity index (χ0n) is 13.9. The largest absolute Gasteiger partial charge is 0.322 e. The van der Waals surface area contributed by atoms with Gasteiger partial charge in [0.25, 0.3) is 5.56 Å². The number of aromatic amines is 1. The van der Waals surface area contributed by atoms with Crippen molar-refractivity contribution in [2.24, 2.45) is 0 Å². The Balaban J connectivity index is 1.80. The fraction of sp³-hybridized carbons (Fsp3) is 0.0500. The number of benzene rings is 2. The number of hydrogen-bond donors (Lipinski definition) is 1. The number of nitrogens with one attached hydrogen (secondary N) is 1. The monoisotopic (exact) mass is 365 g/mol. The molecule has 0 amide bonds. The van der Waals surface area contributed by atoms with E-state index in [-0.39, 0.29) is 28.9 Å². The molecule has 0 aliphatic heterocycles. The normalized spacial score (nSPS) is 11.0. The van der Waals surface area contributed by atoms with Crippen LogP contribution in [0.1, 0.15) is 5.56 Å². The minimum Gasteiger partial charge on any atom is -0.322 e. The Morgan fingerprint density at radius 2 is 1.70 bits per heavy atom. The number of para-hydroxylation sites is 1. The minimum absolute atomic E-state index is 0.0990. The van der Waals surface area contributed by atoms with Crippen LogP contribution in [0.25, 0.3) is 22.2 Å². The van der Waals surface area contributed by atoms with Crippen LogP contribution in [0.2, 0.25) is 0 Å². The van der Waals surface area contributed by atoms with E-state index in [0.717, 1.165) is 23.6 Å². The maximum absolute atomic E-state index is 13.5. The highest BCUT2D eigenvalue weighted by Gasteiger charge is 2.09. The predicted molar refractivity (Wildman–Crippen MR) is 97.5 cm³/mol. The molecule has 0 bridgehead atoms. The second-order valence-electron chi connectivity index (χ2n) is 6.08. The van der Waals surface area contributed by atoms with E-state index in [1.54, 1.807) is 12.1 Å². The van der Waals surface area contributed by atoms with Gasteiger partial charge in [-0.1, -0.05) is 18.2 Å². The summed E-state index contributed by atoms with van der Waals surface area (Å²) in [6, 6.07) is 14.3. The van der Waals surface area contributed by atoms with E-state index in [1.165, 1.54) is 22.9 Å². The molecule has 2 aromatic carbocycles. The van der Waals surface area contributed by atoms with Gasteiger partial charge in [0.2, 0.25) is 5.56 Å². The van der Waals surface area contributed by atoms with E-state index in [4.69, 9.17) is 0 Å². The van der Waals surface area contributed by atoms with Gasteiger partial charge < -0.3 is 4.98 Å². The first-order chi connectivity index (χ1) is 13.0. The quantitative estimate of drug-likeness (QED) is 0.607. The second kappa shape index (κ2) is 6.60. The molecule has 0 spiro atoms. The molecule has 2 heterocycles. The Kier molecular flexibility index (Phi) is 4.12. The number of rotatable bonds is 3. The van der Waals surface area contributed by atoms with E-state index in [9.17, 15) is 18.4 Å². The van der Waals surface area contributed by atoms with Crippen molar-refractivity contribution in [3.63, 3.8) is 0 Å². The molecule has 4 aromatic rings. The number of pyridine rings is 1. The van der Waals surface area contributed by atoms with Crippen LogP contribution in [0.5, 0.6) is 0 Å². The third-order valence-electron chi connectivity index (χ3n) is 4.19. The molecule has 0 atom stereocenters. The highest BCUT2D eigenvalue weighted by atomic mass is 19.1. The first-order valence-corrected chi connectivity index (χ1v) is 8.15. The van der Waals surface area contributed by atoms with Crippen LogP contribution in [-0.4, -0.2) is 14.8 Å². The maximum atomic E-state index is 13.5. The lowest BCUT2D eigenvalue weighted by molar-refractivity contribution is 0.583. The van der Waals surface area contributed by atoms with E-state index >= 15 is 0 Å². The number of fused-ring (bicyclic) bond motifs is 1. The second-order valence-corrected chi connectivity index (χ2v) is 6.08. The Morgan fingerprint density at radius 1 is 0.926 bits per heavy atom. The van der Waals surface area contributed by atoms with Gasteiger partial charge in [0.1, 0.15) is 11.6 Å². The molecule has 0 saturated heterocycles. The molecule has 0 aliphatic carbocycles. The van der Waals surface area contributed by atoms with Crippen LogP contribution < -0.4 is 11.1 Å². The Hall–Kier alpha value is -3.61. The van der Waals surface area contributed by atoms with Gasteiger partial charge in [-0.05, 0) is 35.2 Å². The predicted octanol–water partition coefficient (Wildman–Crippen LogP) is 3.08. The summed E-state index contributed by atoms with van der Waals surface area (Å²) in [6.07, 6.45) is 0. The molecule has 0 unspecified atom stereocenters.